The summed E-state index contributed by atoms with van der Waals surface area (Å²) in [7, 11) is 0. The summed E-state index contributed by atoms with van der Waals surface area (Å²) >= 11 is 0. The van der Waals surface area contributed by atoms with Gasteiger partial charge in [-0.2, -0.15) is 0 Å². The number of nitrogens with zero attached hydrogens (tertiary/aromatic N) is 1. The molecule has 1 aromatic carbocycles. The molecule has 1 unspecified atom stereocenters. The molecule has 114 valence electrons. The van der Waals surface area contributed by atoms with Gasteiger partial charge in [-0.15, -0.1) is 0 Å². The van der Waals surface area contributed by atoms with Gasteiger partial charge in [0.1, 0.15) is 0 Å². The zero-order chi connectivity index (χ0) is 14.9. The first-order valence-electron chi connectivity index (χ1n) is 7.97. The first-order chi connectivity index (χ1) is 10.1. The largest absolute Gasteiger partial charge is 0.324 e. The van der Waals surface area contributed by atoms with Crippen molar-refractivity contribution in [1.29, 1.82) is 0 Å². The third kappa shape index (κ3) is 3.44. The van der Waals surface area contributed by atoms with Crippen molar-refractivity contribution in [1.82, 2.24) is 4.90 Å². The molecule has 1 amide bonds. The number of amides is 1. The van der Waals surface area contributed by atoms with Crippen LogP contribution in [0.25, 0.3) is 0 Å². The van der Waals surface area contributed by atoms with Crippen LogP contribution in [0.15, 0.2) is 24.3 Å². The van der Waals surface area contributed by atoms with Crippen LogP contribution in [0, 0.1) is 5.92 Å². The third-order valence-electron chi connectivity index (χ3n) is 4.70. The third-order valence-corrected chi connectivity index (χ3v) is 4.70. The van der Waals surface area contributed by atoms with Crippen molar-refractivity contribution < 1.29 is 4.79 Å². The van der Waals surface area contributed by atoms with Crippen LogP contribution in [-0.4, -0.2) is 29.4 Å². The molecule has 2 aliphatic rings. The Kier molecular flexibility index (Phi) is 4.00. The van der Waals surface area contributed by atoms with E-state index in [1.54, 1.807) is 0 Å². The number of hydrogen-bond donors (Lipinski definition) is 2. The second kappa shape index (κ2) is 5.78. The van der Waals surface area contributed by atoms with Gasteiger partial charge in [-0.1, -0.05) is 12.1 Å². The molecule has 3 rings (SSSR count). The molecule has 0 aromatic heterocycles. The highest BCUT2D eigenvalue weighted by molar-refractivity contribution is 5.98. The fraction of sp³-hybridized carbons (Fsp3) is 0.588. The molecule has 1 aliphatic carbocycles. The summed E-state index contributed by atoms with van der Waals surface area (Å²) in [5.41, 5.74) is 7.52. The van der Waals surface area contributed by atoms with E-state index < -0.39 is 5.54 Å². The maximum Gasteiger partial charge on any atom is 0.244 e. The molecule has 1 aliphatic heterocycles. The summed E-state index contributed by atoms with van der Waals surface area (Å²) < 4.78 is 0. The van der Waals surface area contributed by atoms with Crippen LogP contribution < -0.4 is 11.1 Å². The summed E-state index contributed by atoms with van der Waals surface area (Å²) in [5, 5.41) is 2.99. The fourth-order valence-corrected chi connectivity index (χ4v) is 3.08. The van der Waals surface area contributed by atoms with Crippen molar-refractivity contribution in [3.63, 3.8) is 0 Å². The van der Waals surface area contributed by atoms with Crippen molar-refractivity contribution in [2.45, 2.75) is 44.7 Å². The number of benzene rings is 1. The van der Waals surface area contributed by atoms with E-state index in [9.17, 15) is 4.79 Å². The van der Waals surface area contributed by atoms with Gasteiger partial charge in [0.25, 0.3) is 0 Å². The van der Waals surface area contributed by atoms with E-state index in [0.29, 0.717) is 5.92 Å². The van der Waals surface area contributed by atoms with E-state index in [1.165, 1.54) is 31.5 Å². The Labute approximate surface area is 126 Å². The average Bonchev–Trinajstić information content (AvgIpc) is 3.20. The van der Waals surface area contributed by atoms with Crippen LogP contribution in [0.5, 0.6) is 0 Å². The molecule has 1 saturated carbocycles. The van der Waals surface area contributed by atoms with Crippen molar-refractivity contribution in [2.75, 3.05) is 18.4 Å². The molecule has 1 saturated heterocycles. The van der Waals surface area contributed by atoms with Crippen molar-refractivity contribution in [2.24, 2.45) is 11.7 Å². The maximum absolute atomic E-state index is 12.3. The van der Waals surface area contributed by atoms with Gasteiger partial charge in [0, 0.05) is 12.2 Å². The summed E-state index contributed by atoms with van der Waals surface area (Å²) in [4.78, 5) is 14.8. The molecule has 1 aromatic rings. The normalized spacial score (nSPS) is 22.0. The van der Waals surface area contributed by atoms with Gasteiger partial charge in [0.05, 0.1) is 5.54 Å². The van der Waals surface area contributed by atoms with Crippen molar-refractivity contribution >= 4 is 11.6 Å². The monoisotopic (exact) mass is 287 g/mol. The number of nitrogens with two attached hydrogens (primary N) is 1. The zero-order valence-corrected chi connectivity index (χ0v) is 12.8. The second-order valence-electron chi connectivity index (χ2n) is 6.69. The smallest absolute Gasteiger partial charge is 0.244 e. The minimum atomic E-state index is -0.745. The molecular formula is C17H25N3O. The van der Waals surface area contributed by atoms with E-state index >= 15 is 0 Å². The van der Waals surface area contributed by atoms with Crippen LogP contribution in [0.3, 0.4) is 0 Å². The van der Waals surface area contributed by atoms with Crippen LogP contribution in [-0.2, 0) is 11.3 Å². The highest BCUT2D eigenvalue weighted by Crippen LogP contribution is 2.38. The van der Waals surface area contributed by atoms with Gasteiger partial charge >= 0.3 is 0 Å². The molecule has 3 N–H and O–H groups in total. The molecule has 1 heterocycles. The Bertz CT molecular complexity index is 517. The lowest BCUT2D eigenvalue weighted by atomic mass is 9.96. The van der Waals surface area contributed by atoms with Crippen molar-refractivity contribution in [3.8, 4) is 0 Å². The van der Waals surface area contributed by atoms with Crippen molar-refractivity contribution in [3.05, 3.63) is 29.8 Å². The summed E-state index contributed by atoms with van der Waals surface area (Å²) in [6.45, 7) is 5.17. The van der Waals surface area contributed by atoms with E-state index in [2.05, 4.69) is 22.3 Å². The molecule has 0 bridgehead atoms. The quantitative estimate of drug-likeness (QED) is 0.874. The Morgan fingerprint density at radius 1 is 1.38 bits per heavy atom. The van der Waals surface area contributed by atoms with Crippen LogP contribution >= 0.6 is 0 Å². The van der Waals surface area contributed by atoms with E-state index in [-0.39, 0.29) is 5.91 Å². The number of hydrogen-bond acceptors (Lipinski definition) is 3. The molecular weight excluding hydrogens is 262 g/mol. The summed E-state index contributed by atoms with van der Waals surface area (Å²) in [5.74, 6) is 0.272. The van der Waals surface area contributed by atoms with Gasteiger partial charge in [0.2, 0.25) is 5.91 Å². The Balaban J connectivity index is 1.63. The number of nitrogens with one attached hydrogen (secondary N) is 1. The number of rotatable bonds is 5. The van der Waals surface area contributed by atoms with E-state index in [0.717, 1.165) is 25.1 Å². The van der Waals surface area contributed by atoms with Gasteiger partial charge in [-0.25, -0.2) is 0 Å². The lowest BCUT2D eigenvalue weighted by molar-refractivity contribution is -0.121. The molecule has 4 heteroatoms. The van der Waals surface area contributed by atoms with Gasteiger partial charge in [0.15, 0.2) is 0 Å². The number of likely N-dealkylation sites (tertiary alicyclic amines) is 1. The summed E-state index contributed by atoms with van der Waals surface area (Å²) in [6.07, 6.45) is 4.72. The first-order valence-corrected chi connectivity index (χ1v) is 7.97. The predicted octanol–water partition coefficient (Wildman–Crippen LogP) is 2.35. The highest BCUT2D eigenvalue weighted by Gasteiger charge is 2.44. The second-order valence-corrected chi connectivity index (χ2v) is 6.69. The van der Waals surface area contributed by atoms with E-state index in [1.807, 2.05) is 19.1 Å². The number of carbonyl (C=O) groups excluding carboxylic acids is 1. The van der Waals surface area contributed by atoms with Crippen LogP contribution in [0.1, 0.15) is 38.2 Å². The fourth-order valence-electron chi connectivity index (χ4n) is 3.08. The molecule has 1 atom stereocenters. The van der Waals surface area contributed by atoms with E-state index in [4.69, 9.17) is 5.73 Å². The minimum absolute atomic E-state index is 0.0664. The molecule has 2 fully saturated rings. The molecule has 4 nitrogen and oxygen atoms in total. The number of carbonyl (C=O) groups is 1. The Hall–Kier alpha value is -1.39. The Morgan fingerprint density at radius 3 is 2.76 bits per heavy atom. The van der Waals surface area contributed by atoms with Gasteiger partial charge in [-0.05, 0) is 69.3 Å². The van der Waals surface area contributed by atoms with Gasteiger partial charge in [-0.3, -0.25) is 9.69 Å². The molecule has 0 radical (unpaired) electrons. The molecule has 21 heavy (non-hydrogen) atoms. The average molecular weight is 287 g/mol. The van der Waals surface area contributed by atoms with Crippen LogP contribution in [0.4, 0.5) is 5.69 Å². The maximum atomic E-state index is 12.3. The number of anilines is 1. The standard InChI is InChI=1S/C17H25N3O/c1-17(18,14-7-8-14)16(21)19-15-6-4-5-13(11-15)12-20-9-2-3-10-20/h4-6,11,14H,2-3,7-10,12,18H2,1H3,(H,19,21). The minimum Gasteiger partial charge on any atom is -0.324 e. The highest BCUT2D eigenvalue weighted by atomic mass is 16.2. The Morgan fingerprint density at radius 2 is 2.10 bits per heavy atom. The SMILES string of the molecule is CC(N)(C(=O)Nc1cccc(CN2CCCC2)c1)C1CC1. The molecule has 0 spiro atoms. The van der Waals surface area contributed by atoms with Gasteiger partial charge < -0.3 is 11.1 Å². The lowest BCUT2D eigenvalue weighted by Gasteiger charge is -2.23. The van der Waals surface area contributed by atoms with Crippen LogP contribution in [0.2, 0.25) is 0 Å². The lowest BCUT2D eigenvalue weighted by Crippen LogP contribution is -2.50. The predicted molar refractivity (Wildman–Crippen MR) is 84.9 cm³/mol. The first kappa shape index (κ1) is 14.5. The zero-order valence-electron chi connectivity index (χ0n) is 12.8. The topological polar surface area (TPSA) is 58.4 Å². The summed E-state index contributed by atoms with van der Waals surface area (Å²) in [6, 6.07) is 8.13.